The lowest BCUT2D eigenvalue weighted by molar-refractivity contribution is 0.122. The van der Waals surface area contributed by atoms with Crippen LogP contribution in [0.1, 0.15) is 11.1 Å². The van der Waals surface area contributed by atoms with Crippen molar-refractivity contribution in [3.63, 3.8) is 0 Å². The van der Waals surface area contributed by atoms with Crippen molar-refractivity contribution >= 4 is 11.6 Å². The number of nitrogens with zero attached hydrogens (tertiary/aromatic N) is 2. The van der Waals surface area contributed by atoms with E-state index in [1.54, 1.807) is 14.2 Å². The summed E-state index contributed by atoms with van der Waals surface area (Å²) in [7, 11) is 3.46. The molecule has 0 amide bonds. The number of guanidine groups is 1. The third-order valence-electron chi connectivity index (χ3n) is 4.62. The van der Waals surface area contributed by atoms with Gasteiger partial charge in [-0.15, -0.1) is 0 Å². The fourth-order valence-electron chi connectivity index (χ4n) is 2.98. The van der Waals surface area contributed by atoms with Gasteiger partial charge in [-0.3, -0.25) is 4.99 Å². The minimum Gasteiger partial charge on any atom is -0.497 e. The molecule has 0 spiro atoms. The maximum Gasteiger partial charge on any atom is 0.191 e. The highest BCUT2D eigenvalue weighted by atomic mass is 16.5. The number of rotatable bonds is 6. The molecular weight excluding hydrogens is 340 g/mol. The zero-order valence-corrected chi connectivity index (χ0v) is 16.1. The standard InChI is InChI=1S/C21H28N4O2/c1-22-21(24-16-18-5-9-20(26-2)10-6-18)23-15-17-3-7-19(8-4-17)25-11-13-27-14-12-25/h3-10H,11-16H2,1-2H3,(H2,22,23,24). The molecule has 6 nitrogen and oxygen atoms in total. The van der Waals surface area contributed by atoms with Crippen LogP contribution in [0.5, 0.6) is 5.75 Å². The van der Waals surface area contributed by atoms with Crippen molar-refractivity contribution in [2.24, 2.45) is 4.99 Å². The fraction of sp³-hybridized carbons (Fsp3) is 0.381. The summed E-state index contributed by atoms with van der Waals surface area (Å²) in [6.07, 6.45) is 0. The normalized spacial score (nSPS) is 14.7. The molecule has 3 rings (SSSR count). The quantitative estimate of drug-likeness (QED) is 0.606. The number of anilines is 1. The van der Waals surface area contributed by atoms with Crippen LogP contribution in [0.3, 0.4) is 0 Å². The summed E-state index contributed by atoms with van der Waals surface area (Å²) in [6, 6.07) is 16.7. The zero-order chi connectivity index (χ0) is 18.9. The summed E-state index contributed by atoms with van der Waals surface area (Å²) >= 11 is 0. The van der Waals surface area contributed by atoms with Gasteiger partial charge in [-0.1, -0.05) is 24.3 Å². The van der Waals surface area contributed by atoms with Crippen molar-refractivity contribution in [1.29, 1.82) is 0 Å². The van der Waals surface area contributed by atoms with Gasteiger partial charge in [0.15, 0.2) is 5.96 Å². The first-order valence-electron chi connectivity index (χ1n) is 9.27. The Morgan fingerprint density at radius 2 is 1.52 bits per heavy atom. The van der Waals surface area contributed by atoms with Crippen molar-refractivity contribution in [3.8, 4) is 5.75 Å². The summed E-state index contributed by atoms with van der Waals surface area (Å²) in [5.74, 6) is 1.64. The molecule has 27 heavy (non-hydrogen) atoms. The van der Waals surface area contributed by atoms with Gasteiger partial charge in [0.05, 0.1) is 20.3 Å². The summed E-state index contributed by atoms with van der Waals surface area (Å²) in [4.78, 5) is 6.65. The Morgan fingerprint density at radius 3 is 2.04 bits per heavy atom. The number of ether oxygens (including phenoxy) is 2. The van der Waals surface area contributed by atoms with Crippen LogP contribution in [0, 0.1) is 0 Å². The number of aliphatic imine (C=N–C) groups is 1. The topological polar surface area (TPSA) is 58.1 Å². The Labute approximate surface area is 161 Å². The van der Waals surface area contributed by atoms with Crippen molar-refractivity contribution in [2.45, 2.75) is 13.1 Å². The van der Waals surface area contributed by atoms with E-state index in [1.165, 1.54) is 16.8 Å². The minimum absolute atomic E-state index is 0.708. The van der Waals surface area contributed by atoms with Crippen LogP contribution in [0.2, 0.25) is 0 Å². The Bertz CT molecular complexity index is 723. The Balaban J connectivity index is 1.47. The highest BCUT2D eigenvalue weighted by Gasteiger charge is 2.10. The van der Waals surface area contributed by atoms with E-state index < -0.39 is 0 Å². The van der Waals surface area contributed by atoms with E-state index in [0.717, 1.165) is 44.6 Å². The number of benzene rings is 2. The van der Waals surface area contributed by atoms with Crippen molar-refractivity contribution in [2.75, 3.05) is 45.4 Å². The van der Waals surface area contributed by atoms with Gasteiger partial charge in [0.1, 0.15) is 5.75 Å². The number of methoxy groups -OCH3 is 1. The summed E-state index contributed by atoms with van der Waals surface area (Å²) < 4.78 is 10.6. The lowest BCUT2D eigenvalue weighted by Gasteiger charge is -2.28. The van der Waals surface area contributed by atoms with E-state index in [1.807, 2.05) is 24.3 Å². The summed E-state index contributed by atoms with van der Waals surface area (Å²) in [5.41, 5.74) is 3.65. The molecule has 0 atom stereocenters. The molecule has 0 aromatic heterocycles. The number of hydrogen-bond donors (Lipinski definition) is 2. The number of hydrogen-bond acceptors (Lipinski definition) is 4. The molecule has 0 radical (unpaired) electrons. The van der Waals surface area contributed by atoms with Crippen molar-refractivity contribution in [1.82, 2.24) is 10.6 Å². The second-order valence-electron chi connectivity index (χ2n) is 6.39. The average Bonchev–Trinajstić information content (AvgIpc) is 2.75. The molecule has 1 heterocycles. The molecule has 6 heteroatoms. The predicted molar refractivity (Wildman–Crippen MR) is 110 cm³/mol. The molecule has 2 aromatic rings. The van der Waals surface area contributed by atoms with Gasteiger partial charge in [-0.2, -0.15) is 0 Å². The van der Waals surface area contributed by atoms with Crippen LogP contribution in [0.25, 0.3) is 0 Å². The maximum absolute atomic E-state index is 5.41. The van der Waals surface area contributed by atoms with Crippen molar-refractivity contribution in [3.05, 3.63) is 59.7 Å². The van der Waals surface area contributed by atoms with Crippen molar-refractivity contribution < 1.29 is 9.47 Å². The monoisotopic (exact) mass is 368 g/mol. The van der Waals surface area contributed by atoms with Gasteiger partial charge in [0, 0.05) is 38.9 Å². The second kappa shape index (κ2) is 9.83. The third kappa shape index (κ3) is 5.62. The first-order valence-corrected chi connectivity index (χ1v) is 9.27. The fourth-order valence-corrected chi connectivity index (χ4v) is 2.98. The lowest BCUT2D eigenvalue weighted by atomic mass is 10.2. The molecule has 1 saturated heterocycles. The van der Waals surface area contributed by atoms with Gasteiger partial charge in [0.2, 0.25) is 0 Å². The van der Waals surface area contributed by atoms with E-state index in [2.05, 4.69) is 44.8 Å². The Kier molecular flexibility index (Phi) is 6.93. The first kappa shape index (κ1) is 19.0. The maximum atomic E-state index is 5.41. The van der Waals surface area contributed by atoms with Gasteiger partial charge < -0.3 is 25.0 Å². The van der Waals surface area contributed by atoms with E-state index in [9.17, 15) is 0 Å². The molecular formula is C21H28N4O2. The molecule has 0 unspecified atom stereocenters. The molecule has 144 valence electrons. The van der Waals surface area contributed by atoms with Crippen LogP contribution in [-0.2, 0) is 17.8 Å². The SMILES string of the molecule is CN=C(NCc1ccc(OC)cc1)NCc1ccc(N2CCOCC2)cc1. The number of morpholine rings is 1. The zero-order valence-electron chi connectivity index (χ0n) is 16.1. The Morgan fingerprint density at radius 1 is 0.963 bits per heavy atom. The van der Waals surface area contributed by atoms with Gasteiger partial charge in [-0.25, -0.2) is 0 Å². The van der Waals surface area contributed by atoms with Crippen LogP contribution in [0.15, 0.2) is 53.5 Å². The third-order valence-corrected chi connectivity index (χ3v) is 4.62. The molecule has 0 bridgehead atoms. The van der Waals surface area contributed by atoms with Gasteiger partial charge >= 0.3 is 0 Å². The van der Waals surface area contributed by atoms with Crippen LogP contribution in [-0.4, -0.2) is 46.4 Å². The molecule has 1 aliphatic rings. The predicted octanol–water partition coefficient (Wildman–Crippen LogP) is 2.40. The average molecular weight is 368 g/mol. The highest BCUT2D eigenvalue weighted by Crippen LogP contribution is 2.16. The summed E-state index contributed by atoms with van der Waals surface area (Å²) in [5, 5.41) is 6.69. The van der Waals surface area contributed by atoms with Crippen LogP contribution >= 0.6 is 0 Å². The lowest BCUT2D eigenvalue weighted by Crippen LogP contribution is -2.36. The smallest absolute Gasteiger partial charge is 0.191 e. The summed E-state index contributed by atoms with van der Waals surface area (Å²) in [6.45, 7) is 4.96. The Hall–Kier alpha value is -2.73. The largest absolute Gasteiger partial charge is 0.497 e. The molecule has 1 aliphatic heterocycles. The first-order chi connectivity index (χ1) is 13.3. The van der Waals surface area contributed by atoms with E-state index in [0.29, 0.717) is 6.54 Å². The van der Waals surface area contributed by atoms with E-state index >= 15 is 0 Å². The molecule has 0 saturated carbocycles. The highest BCUT2D eigenvalue weighted by molar-refractivity contribution is 5.79. The van der Waals surface area contributed by atoms with Gasteiger partial charge in [0.25, 0.3) is 0 Å². The van der Waals surface area contributed by atoms with Crippen LogP contribution in [0.4, 0.5) is 5.69 Å². The molecule has 2 N–H and O–H groups in total. The molecule has 1 fully saturated rings. The second-order valence-corrected chi connectivity index (χ2v) is 6.39. The van der Waals surface area contributed by atoms with E-state index in [4.69, 9.17) is 9.47 Å². The van der Waals surface area contributed by atoms with Crippen LogP contribution < -0.4 is 20.3 Å². The molecule has 2 aromatic carbocycles. The number of nitrogens with one attached hydrogen (secondary N) is 2. The van der Waals surface area contributed by atoms with E-state index in [-0.39, 0.29) is 0 Å². The minimum atomic E-state index is 0.708. The molecule has 0 aliphatic carbocycles. The van der Waals surface area contributed by atoms with Gasteiger partial charge in [-0.05, 0) is 35.4 Å².